The summed E-state index contributed by atoms with van der Waals surface area (Å²) >= 11 is 0. The van der Waals surface area contributed by atoms with Gasteiger partial charge in [-0.15, -0.1) is 0 Å². The van der Waals surface area contributed by atoms with E-state index in [9.17, 15) is 0 Å². The monoisotopic (exact) mass is 242 g/mol. The van der Waals surface area contributed by atoms with Gasteiger partial charge in [-0.1, -0.05) is 12.7 Å². The summed E-state index contributed by atoms with van der Waals surface area (Å²) in [4.78, 5) is 4.24. The Morgan fingerprint density at radius 1 is 1.44 bits per heavy atom. The zero-order valence-corrected chi connectivity index (χ0v) is 10.4. The van der Waals surface area contributed by atoms with E-state index in [0.29, 0.717) is 5.92 Å². The summed E-state index contributed by atoms with van der Waals surface area (Å²) in [7, 11) is 0. The van der Waals surface area contributed by atoms with Crippen molar-refractivity contribution in [3.05, 3.63) is 42.9 Å². The molecule has 2 atom stereocenters. The molecule has 3 nitrogen and oxygen atoms in total. The lowest BCUT2D eigenvalue weighted by atomic mass is 9.89. The maximum absolute atomic E-state index is 5.29. The molecule has 3 rings (SSSR count). The fourth-order valence-corrected chi connectivity index (χ4v) is 2.96. The molecule has 1 saturated heterocycles. The molecular weight excluding hydrogens is 224 g/mol. The van der Waals surface area contributed by atoms with Crippen LogP contribution in [0.5, 0.6) is 5.75 Å². The van der Waals surface area contributed by atoms with Gasteiger partial charge in [0.2, 0.25) is 0 Å². The van der Waals surface area contributed by atoms with Crippen molar-refractivity contribution in [3.63, 3.8) is 0 Å². The van der Waals surface area contributed by atoms with Gasteiger partial charge in [-0.05, 0) is 48.4 Å². The highest BCUT2D eigenvalue weighted by Crippen LogP contribution is 2.39. The Morgan fingerprint density at radius 2 is 2.39 bits per heavy atom. The Morgan fingerprint density at radius 3 is 3.22 bits per heavy atom. The summed E-state index contributed by atoms with van der Waals surface area (Å²) in [6.45, 7) is 5.84. The van der Waals surface area contributed by atoms with Crippen LogP contribution in [0.3, 0.4) is 0 Å². The fraction of sp³-hybridized carbons (Fsp3) is 0.400. The molecular formula is C15H18N2O. The second-order valence-corrected chi connectivity index (χ2v) is 5.01. The molecule has 0 radical (unpaired) electrons. The summed E-state index contributed by atoms with van der Waals surface area (Å²) < 4.78 is 5.29. The summed E-state index contributed by atoms with van der Waals surface area (Å²) in [6, 6.07) is 2.05. The highest BCUT2D eigenvalue weighted by atomic mass is 16.5. The largest absolute Gasteiger partial charge is 0.464 e. The second kappa shape index (κ2) is 4.94. The van der Waals surface area contributed by atoms with Gasteiger partial charge in [-0.3, -0.25) is 4.98 Å². The van der Waals surface area contributed by atoms with Crippen molar-refractivity contribution in [1.82, 2.24) is 10.3 Å². The Hall–Kier alpha value is -1.61. The number of nitrogens with zero attached hydrogens (tertiary/aromatic N) is 1. The molecule has 2 aliphatic rings. The quantitative estimate of drug-likeness (QED) is 0.827. The Bertz CT molecular complexity index is 481. The molecule has 0 saturated carbocycles. The van der Waals surface area contributed by atoms with Crippen LogP contribution in [0, 0.1) is 11.8 Å². The molecule has 0 amide bonds. The van der Waals surface area contributed by atoms with Crippen LogP contribution in [-0.4, -0.2) is 18.1 Å². The fourth-order valence-electron chi connectivity index (χ4n) is 2.96. The molecule has 1 aliphatic carbocycles. The van der Waals surface area contributed by atoms with E-state index < -0.39 is 0 Å². The Balaban J connectivity index is 1.82. The molecule has 18 heavy (non-hydrogen) atoms. The van der Waals surface area contributed by atoms with Crippen LogP contribution in [0.25, 0.3) is 5.57 Å². The molecule has 94 valence electrons. The predicted octanol–water partition coefficient (Wildman–Crippen LogP) is 2.62. The van der Waals surface area contributed by atoms with Gasteiger partial charge >= 0.3 is 0 Å². The third-order valence-electron chi connectivity index (χ3n) is 3.88. The normalized spacial score (nSPS) is 26.3. The van der Waals surface area contributed by atoms with E-state index in [1.54, 1.807) is 6.20 Å². The number of rotatable bonds is 3. The minimum Gasteiger partial charge on any atom is -0.464 e. The summed E-state index contributed by atoms with van der Waals surface area (Å²) in [6.07, 6.45) is 9.94. The zero-order valence-electron chi connectivity index (χ0n) is 10.4. The highest BCUT2D eigenvalue weighted by molar-refractivity contribution is 5.68. The molecule has 1 aromatic rings. The Kier molecular flexibility index (Phi) is 3.15. The molecule has 1 aromatic heterocycles. The average molecular weight is 242 g/mol. The van der Waals surface area contributed by atoms with Gasteiger partial charge in [0.05, 0.1) is 12.5 Å². The molecule has 0 bridgehead atoms. The van der Waals surface area contributed by atoms with Crippen molar-refractivity contribution in [1.29, 1.82) is 0 Å². The second-order valence-electron chi connectivity index (χ2n) is 5.01. The van der Waals surface area contributed by atoms with Crippen LogP contribution >= 0.6 is 0 Å². The molecule has 0 aromatic carbocycles. The lowest BCUT2D eigenvalue weighted by Gasteiger charge is -2.25. The molecule has 1 aliphatic heterocycles. The summed E-state index contributed by atoms with van der Waals surface area (Å²) in [5.41, 5.74) is 2.60. The summed E-state index contributed by atoms with van der Waals surface area (Å²) in [5.74, 6) is 2.26. The van der Waals surface area contributed by atoms with Crippen molar-refractivity contribution in [3.8, 4) is 5.75 Å². The van der Waals surface area contributed by atoms with Crippen LogP contribution in [0.2, 0.25) is 0 Å². The SMILES string of the molecule is C=COc1cncc(C2=C[C@@H]3CNCC[C@@H]3C2)c1. The van der Waals surface area contributed by atoms with E-state index in [0.717, 1.165) is 24.8 Å². The Labute approximate surface area is 108 Å². The van der Waals surface area contributed by atoms with Gasteiger partial charge in [0.1, 0.15) is 5.75 Å². The van der Waals surface area contributed by atoms with Crippen LogP contribution in [0.15, 0.2) is 37.4 Å². The van der Waals surface area contributed by atoms with E-state index in [2.05, 4.69) is 23.0 Å². The van der Waals surface area contributed by atoms with Crippen molar-refractivity contribution >= 4 is 5.57 Å². The van der Waals surface area contributed by atoms with Gasteiger partial charge in [-0.2, -0.15) is 0 Å². The smallest absolute Gasteiger partial charge is 0.145 e. The number of allylic oxidation sites excluding steroid dienone is 1. The van der Waals surface area contributed by atoms with E-state index in [1.807, 2.05) is 12.3 Å². The van der Waals surface area contributed by atoms with Gasteiger partial charge in [0.25, 0.3) is 0 Å². The first-order valence-corrected chi connectivity index (χ1v) is 6.51. The third kappa shape index (κ3) is 2.18. The van der Waals surface area contributed by atoms with Crippen LogP contribution in [-0.2, 0) is 0 Å². The first kappa shape index (κ1) is 11.5. The van der Waals surface area contributed by atoms with Gasteiger partial charge in [-0.25, -0.2) is 0 Å². The number of aromatic nitrogens is 1. The van der Waals surface area contributed by atoms with Crippen LogP contribution in [0.1, 0.15) is 18.4 Å². The topological polar surface area (TPSA) is 34.1 Å². The van der Waals surface area contributed by atoms with Crippen molar-refractivity contribution < 1.29 is 4.74 Å². The zero-order chi connectivity index (χ0) is 12.4. The molecule has 0 unspecified atom stereocenters. The number of piperidine rings is 1. The third-order valence-corrected chi connectivity index (χ3v) is 3.88. The number of nitrogens with one attached hydrogen (secondary N) is 1. The van der Waals surface area contributed by atoms with Gasteiger partial charge < -0.3 is 10.1 Å². The summed E-state index contributed by atoms with van der Waals surface area (Å²) in [5, 5.41) is 3.46. The van der Waals surface area contributed by atoms with E-state index >= 15 is 0 Å². The van der Waals surface area contributed by atoms with Crippen molar-refractivity contribution in [2.45, 2.75) is 12.8 Å². The highest BCUT2D eigenvalue weighted by Gasteiger charge is 2.30. The number of pyridine rings is 1. The number of hydrogen-bond donors (Lipinski definition) is 1. The van der Waals surface area contributed by atoms with E-state index in [1.165, 1.54) is 30.2 Å². The minimum absolute atomic E-state index is 0.692. The molecule has 1 N–H and O–H groups in total. The van der Waals surface area contributed by atoms with Crippen molar-refractivity contribution in [2.75, 3.05) is 13.1 Å². The lowest BCUT2D eigenvalue weighted by Crippen LogP contribution is -2.33. The number of ether oxygens (including phenoxy) is 1. The maximum Gasteiger partial charge on any atom is 0.145 e. The molecule has 2 heterocycles. The van der Waals surface area contributed by atoms with E-state index in [-0.39, 0.29) is 0 Å². The number of fused-ring (bicyclic) bond motifs is 1. The standard InChI is InChI=1S/C15H18N2O/c1-2-18-15-7-14(9-17-10-15)12-5-11-3-4-16-8-13(11)6-12/h2,6-7,9-11,13,16H,1,3-5,8H2/t11-,13-/m1/s1. The first-order valence-electron chi connectivity index (χ1n) is 6.51. The first-order chi connectivity index (χ1) is 8.86. The van der Waals surface area contributed by atoms with Gasteiger partial charge in [0, 0.05) is 12.7 Å². The molecule has 0 spiro atoms. The van der Waals surface area contributed by atoms with Crippen LogP contribution in [0.4, 0.5) is 0 Å². The minimum atomic E-state index is 0.692. The molecule has 3 heteroatoms. The van der Waals surface area contributed by atoms with Gasteiger partial charge in [0.15, 0.2) is 0 Å². The maximum atomic E-state index is 5.29. The number of hydrogen-bond acceptors (Lipinski definition) is 3. The van der Waals surface area contributed by atoms with Crippen molar-refractivity contribution in [2.24, 2.45) is 11.8 Å². The predicted molar refractivity (Wildman–Crippen MR) is 72.1 cm³/mol. The van der Waals surface area contributed by atoms with E-state index in [4.69, 9.17) is 4.74 Å². The molecule has 1 fully saturated rings. The average Bonchev–Trinajstić information content (AvgIpc) is 2.83. The lowest BCUT2D eigenvalue weighted by molar-refractivity contribution is 0.323. The van der Waals surface area contributed by atoms with Crippen LogP contribution < -0.4 is 10.1 Å².